The van der Waals surface area contributed by atoms with E-state index < -0.39 is 0 Å². The van der Waals surface area contributed by atoms with E-state index in [2.05, 4.69) is 43.5 Å². The van der Waals surface area contributed by atoms with Crippen molar-refractivity contribution in [2.24, 2.45) is 11.1 Å². The number of nitrogens with one attached hydrogen (secondary N) is 2. The van der Waals surface area contributed by atoms with E-state index in [-0.39, 0.29) is 16.6 Å². The van der Waals surface area contributed by atoms with Gasteiger partial charge in [-0.25, -0.2) is 5.43 Å². The molecule has 1 unspecified atom stereocenters. The summed E-state index contributed by atoms with van der Waals surface area (Å²) in [4.78, 5) is 0. The molecular formula is C14H23N3S. The lowest BCUT2D eigenvalue weighted by Gasteiger charge is -2.31. The second-order valence-corrected chi connectivity index (χ2v) is 5.96. The molecule has 1 aliphatic carbocycles. The van der Waals surface area contributed by atoms with Gasteiger partial charge in [0.2, 0.25) is 0 Å². The van der Waals surface area contributed by atoms with Crippen LogP contribution >= 0.6 is 12.2 Å². The molecule has 0 aromatic carbocycles. The number of allylic oxidation sites excluding steroid dienone is 2. The summed E-state index contributed by atoms with van der Waals surface area (Å²) < 4.78 is 0. The van der Waals surface area contributed by atoms with Gasteiger partial charge in [0.15, 0.2) is 5.11 Å². The lowest BCUT2D eigenvalue weighted by Crippen LogP contribution is -2.45. The number of nitrogens with two attached hydrogens (primary N) is 1. The van der Waals surface area contributed by atoms with Crippen LogP contribution in [0.25, 0.3) is 0 Å². The van der Waals surface area contributed by atoms with E-state index in [9.17, 15) is 0 Å². The van der Waals surface area contributed by atoms with Gasteiger partial charge in [-0.05, 0) is 50.7 Å². The van der Waals surface area contributed by atoms with E-state index >= 15 is 0 Å². The molecule has 3 nitrogen and oxygen atoms in total. The highest BCUT2D eigenvalue weighted by atomic mass is 32.1. The molecule has 0 amide bonds. The van der Waals surface area contributed by atoms with Gasteiger partial charge in [-0.15, -0.1) is 0 Å². The average molecular weight is 265 g/mol. The van der Waals surface area contributed by atoms with E-state index in [0.717, 1.165) is 0 Å². The fourth-order valence-corrected chi connectivity index (χ4v) is 2.35. The minimum absolute atomic E-state index is 0.00419. The predicted molar refractivity (Wildman–Crippen MR) is 80.6 cm³/mol. The van der Waals surface area contributed by atoms with Crippen LogP contribution in [0.3, 0.4) is 0 Å². The van der Waals surface area contributed by atoms with E-state index in [4.69, 9.17) is 18.0 Å². The molecule has 0 aromatic rings. The molecule has 0 bridgehead atoms. The second kappa shape index (κ2) is 6.21. The Hall–Kier alpha value is -1.05. The molecule has 0 radical (unpaired) electrons. The number of hydrogen-bond acceptors (Lipinski definition) is 2. The van der Waals surface area contributed by atoms with Gasteiger partial charge in [-0.1, -0.05) is 31.3 Å². The fourth-order valence-electron chi connectivity index (χ4n) is 2.29. The van der Waals surface area contributed by atoms with Crippen molar-refractivity contribution in [2.75, 3.05) is 0 Å². The van der Waals surface area contributed by atoms with Gasteiger partial charge in [-0.2, -0.15) is 0 Å². The Kier molecular flexibility index (Phi) is 5.18. The number of hydrazine groups is 1. The van der Waals surface area contributed by atoms with Crippen LogP contribution in [-0.2, 0) is 0 Å². The van der Waals surface area contributed by atoms with Gasteiger partial charge < -0.3 is 5.73 Å². The Morgan fingerprint density at radius 3 is 2.72 bits per heavy atom. The minimum Gasteiger partial charge on any atom is -0.375 e. The number of thiocarbonyl (C=S) groups is 1. The molecular weight excluding hydrogens is 242 g/mol. The quantitative estimate of drug-likeness (QED) is 0.407. The van der Waals surface area contributed by atoms with Crippen molar-refractivity contribution in [1.29, 1.82) is 0 Å². The van der Waals surface area contributed by atoms with E-state index in [0.29, 0.717) is 0 Å². The molecule has 0 saturated carbocycles. The van der Waals surface area contributed by atoms with Crippen LogP contribution < -0.4 is 16.6 Å². The largest absolute Gasteiger partial charge is 0.375 e. The molecule has 18 heavy (non-hydrogen) atoms. The van der Waals surface area contributed by atoms with Crippen LogP contribution in [0.4, 0.5) is 0 Å². The zero-order valence-electron chi connectivity index (χ0n) is 11.7. The van der Waals surface area contributed by atoms with Crippen molar-refractivity contribution in [3.05, 3.63) is 11.1 Å². The van der Waals surface area contributed by atoms with Crippen molar-refractivity contribution in [2.45, 2.75) is 53.0 Å². The second-order valence-electron chi connectivity index (χ2n) is 5.52. The first-order chi connectivity index (χ1) is 8.33. The third kappa shape index (κ3) is 4.32. The topological polar surface area (TPSA) is 50.1 Å². The third-order valence-electron chi connectivity index (χ3n) is 3.28. The maximum Gasteiger partial charge on any atom is 0.178 e. The minimum atomic E-state index is 0.00419. The van der Waals surface area contributed by atoms with Gasteiger partial charge in [-0.3, -0.25) is 5.43 Å². The van der Waals surface area contributed by atoms with Gasteiger partial charge >= 0.3 is 0 Å². The lowest BCUT2D eigenvalue weighted by molar-refractivity contribution is 0.379. The standard InChI is InChI=1S/C14H23N3S/c1-10-6-5-9-14(3,4)12(10)8-7-11(2)16-17-13(15)18/h11,16H,5-6,9H2,1-4H3,(H3,15,17,18). The SMILES string of the molecule is CC1=C(C#CC(C)NNC(N)=S)C(C)(C)CCC1. The molecule has 0 spiro atoms. The fraction of sp³-hybridized carbons (Fsp3) is 0.643. The molecule has 100 valence electrons. The maximum atomic E-state index is 5.35. The van der Waals surface area contributed by atoms with Gasteiger partial charge in [0.05, 0.1) is 6.04 Å². The molecule has 0 fully saturated rings. The third-order valence-corrected chi connectivity index (χ3v) is 3.38. The summed E-state index contributed by atoms with van der Waals surface area (Å²) in [5, 5.41) is 0.233. The number of rotatable bonds is 2. The molecule has 1 atom stereocenters. The lowest BCUT2D eigenvalue weighted by atomic mass is 9.73. The normalized spacial score (nSPS) is 19.8. The van der Waals surface area contributed by atoms with Crippen LogP contribution in [0.15, 0.2) is 11.1 Å². The highest BCUT2D eigenvalue weighted by Crippen LogP contribution is 2.39. The van der Waals surface area contributed by atoms with Crippen LogP contribution in [0.1, 0.15) is 47.0 Å². The monoisotopic (exact) mass is 265 g/mol. The maximum absolute atomic E-state index is 5.35. The molecule has 1 aliphatic rings. The number of hydrogen-bond donors (Lipinski definition) is 3. The van der Waals surface area contributed by atoms with Gasteiger partial charge in [0.25, 0.3) is 0 Å². The van der Waals surface area contributed by atoms with Crippen LogP contribution in [0, 0.1) is 17.3 Å². The summed E-state index contributed by atoms with van der Waals surface area (Å²) in [6.45, 7) is 8.70. The smallest absolute Gasteiger partial charge is 0.178 e. The van der Waals surface area contributed by atoms with Crippen molar-refractivity contribution in [3.8, 4) is 11.8 Å². The molecule has 0 aliphatic heterocycles. The molecule has 1 rings (SSSR count). The van der Waals surface area contributed by atoms with Crippen molar-refractivity contribution in [1.82, 2.24) is 10.9 Å². The predicted octanol–water partition coefficient (Wildman–Crippen LogP) is 2.24. The van der Waals surface area contributed by atoms with Gasteiger partial charge in [0, 0.05) is 5.57 Å². The Labute approximate surface area is 116 Å². The Balaban J connectivity index is 2.74. The van der Waals surface area contributed by atoms with E-state index in [1.54, 1.807) is 0 Å². The molecule has 0 aromatic heterocycles. The summed E-state index contributed by atoms with van der Waals surface area (Å²) in [5.74, 6) is 6.53. The van der Waals surface area contributed by atoms with Crippen molar-refractivity contribution >= 4 is 17.3 Å². The van der Waals surface area contributed by atoms with Crippen LogP contribution in [0.5, 0.6) is 0 Å². The van der Waals surface area contributed by atoms with Crippen molar-refractivity contribution in [3.63, 3.8) is 0 Å². The molecule has 0 heterocycles. The zero-order valence-corrected chi connectivity index (χ0v) is 12.5. The summed E-state index contributed by atoms with van der Waals surface area (Å²) in [6, 6.07) is 0.00419. The highest BCUT2D eigenvalue weighted by Gasteiger charge is 2.27. The first-order valence-electron chi connectivity index (χ1n) is 6.35. The van der Waals surface area contributed by atoms with E-state index in [1.165, 1.54) is 30.4 Å². The van der Waals surface area contributed by atoms with Gasteiger partial charge in [0.1, 0.15) is 0 Å². The molecule has 4 N–H and O–H groups in total. The first-order valence-corrected chi connectivity index (χ1v) is 6.76. The summed E-state index contributed by atoms with van der Waals surface area (Å²) in [5.41, 5.74) is 13.9. The first kappa shape index (κ1) is 15.0. The van der Waals surface area contributed by atoms with Crippen LogP contribution in [0.2, 0.25) is 0 Å². The summed E-state index contributed by atoms with van der Waals surface area (Å²) in [7, 11) is 0. The summed E-state index contributed by atoms with van der Waals surface area (Å²) >= 11 is 4.73. The molecule has 0 saturated heterocycles. The Morgan fingerprint density at radius 2 is 2.17 bits per heavy atom. The zero-order chi connectivity index (χ0) is 13.8. The highest BCUT2D eigenvalue weighted by molar-refractivity contribution is 7.80. The summed E-state index contributed by atoms with van der Waals surface area (Å²) in [6.07, 6.45) is 3.64. The Morgan fingerprint density at radius 1 is 1.50 bits per heavy atom. The Bertz CT molecular complexity index is 412. The van der Waals surface area contributed by atoms with E-state index in [1.807, 2.05) is 6.92 Å². The van der Waals surface area contributed by atoms with Crippen LogP contribution in [-0.4, -0.2) is 11.2 Å². The average Bonchev–Trinajstić information content (AvgIpc) is 2.24. The molecule has 4 heteroatoms. The van der Waals surface area contributed by atoms with Crippen molar-refractivity contribution < 1.29 is 0 Å².